The number of nitrogens with zero attached hydrogens (tertiary/aromatic N) is 2. The summed E-state index contributed by atoms with van der Waals surface area (Å²) in [5.41, 5.74) is 6.20. The van der Waals surface area contributed by atoms with Gasteiger partial charge in [0.15, 0.2) is 0 Å². The van der Waals surface area contributed by atoms with Crippen LogP contribution >= 0.6 is 0 Å². The fraction of sp³-hybridized carbons (Fsp3) is 0.700. The van der Waals surface area contributed by atoms with Crippen LogP contribution in [0.1, 0.15) is 12.8 Å². The van der Waals surface area contributed by atoms with Crippen molar-refractivity contribution in [3.8, 4) is 0 Å². The smallest absolute Gasteiger partial charge is 0.222 e. The van der Waals surface area contributed by atoms with Crippen LogP contribution in [0.3, 0.4) is 0 Å². The first-order chi connectivity index (χ1) is 7.65. The van der Waals surface area contributed by atoms with Gasteiger partial charge in [-0.15, -0.1) is 0 Å². The molecule has 6 nitrogen and oxygen atoms in total. The van der Waals surface area contributed by atoms with Gasteiger partial charge in [0.05, 0.1) is 18.9 Å². The number of likely N-dealkylation sites (N-methyl/N-ethyl adjacent to an activating group) is 1. The lowest BCUT2D eigenvalue weighted by atomic mass is 10.2. The van der Waals surface area contributed by atoms with Crippen LogP contribution in [0.2, 0.25) is 0 Å². The molecule has 0 aromatic heterocycles. The summed E-state index contributed by atoms with van der Waals surface area (Å²) in [5, 5.41) is 1.54. The topological polar surface area (TPSA) is 84.8 Å². The van der Waals surface area contributed by atoms with Gasteiger partial charge < -0.3 is 20.4 Å². The standard InChI is InChI=1S/C10H20N4O2/c1-13-5-6-16-8-9(7-11)14(12)4-2-3-10(13)15/h7H,2-6,8,11-12H2,1H3/b9-7-. The number of rotatable bonds is 0. The lowest BCUT2D eigenvalue weighted by molar-refractivity contribution is -0.130. The van der Waals surface area contributed by atoms with E-state index in [2.05, 4.69) is 0 Å². The molecule has 0 aliphatic carbocycles. The van der Waals surface area contributed by atoms with E-state index < -0.39 is 0 Å². The largest absolute Gasteiger partial charge is 0.403 e. The van der Waals surface area contributed by atoms with E-state index in [1.165, 1.54) is 6.20 Å². The molecule has 1 rings (SSSR count). The Morgan fingerprint density at radius 2 is 2.19 bits per heavy atom. The number of hydrogen-bond acceptors (Lipinski definition) is 5. The highest BCUT2D eigenvalue weighted by Gasteiger charge is 2.12. The van der Waals surface area contributed by atoms with Crippen LogP contribution in [0.4, 0.5) is 0 Å². The van der Waals surface area contributed by atoms with Crippen molar-refractivity contribution in [3.63, 3.8) is 0 Å². The van der Waals surface area contributed by atoms with Crippen molar-refractivity contribution in [1.82, 2.24) is 9.91 Å². The molecule has 0 atom stereocenters. The zero-order chi connectivity index (χ0) is 12.0. The molecule has 1 saturated heterocycles. The van der Waals surface area contributed by atoms with Crippen LogP contribution in [-0.2, 0) is 9.53 Å². The molecule has 0 unspecified atom stereocenters. The first kappa shape index (κ1) is 12.8. The summed E-state index contributed by atoms with van der Waals surface area (Å²) in [6.07, 6.45) is 2.67. The molecule has 0 bridgehead atoms. The van der Waals surface area contributed by atoms with Crippen molar-refractivity contribution in [3.05, 3.63) is 11.9 Å². The Hall–Kier alpha value is -1.27. The lowest BCUT2D eigenvalue weighted by Crippen LogP contribution is -2.34. The minimum atomic E-state index is 0.122. The molecular weight excluding hydrogens is 208 g/mol. The normalized spacial score (nSPS) is 23.4. The van der Waals surface area contributed by atoms with Crippen molar-refractivity contribution in [2.45, 2.75) is 12.8 Å². The second-order valence-electron chi connectivity index (χ2n) is 3.82. The van der Waals surface area contributed by atoms with Gasteiger partial charge in [-0.3, -0.25) is 4.79 Å². The molecule has 92 valence electrons. The van der Waals surface area contributed by atoms with Crippen LogP contribution in [0.15, 0.2) is 11.9 Å². The van der Waals surface area contributed by atoms with E-state index in [4.69, 9.17) is 16.3 Å². The molecule has 1 amide bonds. The van der Waals surface area contributed by atoms with Crippen molar-refractivity contribution >= 4 is 5.91 Å². The third kappa shape index (κ3) is 3.71. The number of hydrogen-bond donors (Lipinski definition) is 2. The van der Waals surface area contributed by atoms with Crippen LogP contribution in [-0.4, -0.2) is 49.2 Å². The van der Waals surface area contributed by atoms with Crippen molar-refractivity contribution in [2.24, 2.45) is 11.6 Å². The van der Waals surface area contributed by atoms with Gasteiger partial charge in [-0.25, -0.2) is 5.84 Å². The van der Waals surface area contributed by atoms with Gasteiger partial charge in [-0.2, -0.15) is 0 Å². The zero-order valence-electron chi connectivity index (χ0n) is 9.69. The summed E-state index contributed by atoms with van der Waals surface area (Å²) in [4.78, 5) is 13.3. The van der Waals surface area contributed by atoms with Crippen LogP contribution < -0.4 is 11.6 Å². The highest BCUT2D eigenvalue weighted by molar-refractivity contribution is 5.75. The second kappa shape index (κ2) is 6.34. The molecule has 0 aromatic carbocycles. The van der Waals surface area contributed by atoms with E-state index in [1.807, 2.05) is 0 Å². The molecule has 4 N–H and O–H groups in total. The number of amides is 1. The maximum atomic E-state index is 11.6. The van der Waals surface area contributed by atoms with Gasteiger partial charge in [0.25, 0.3) is 0 Å². The average molecular weight is 228 g/mol. The minimum absolute atomic E-state index is 0.122. The fourth-order valence-electron chi connectivity index (χ4n) is 1.46. The summed E-state index contributed by atoms with van der Waals surface area (Å²) in [6, 6.07) is 0. The average Bonchev–Trinajstić information content (AvgIpc) is 2.29. The highest BCUT2D eigenvalue weighted by Crippen LogP contribution is 2.04. The predicted octanol–water partition coefficient (Wildman–Crippen LogP) is -0.769. The first-order valence-electron chi connectivity index (χ1n) is 5.40. The first-order valence-corrected chi connectivity index (χ1v) is 5.40. The van der Waals surface area contributed by atoms with E-state index >= 15 is 0 Å². The molecule has 0 spiro atoms. The van der Waals surface area contributed by atoms with E-state index in [9.17, 15) is 4.79 Å². The third-order valence-corrected chi connectivity index (χ3v) is 2.60. The number of ether oxygens (including phenoxy) is 1. The van der Waals surface area contributed by atoms with E-state index in [0.717, 1.165) is 12.1 Å². The Morgan fingerprint density at radius 1 is 1.44 bits per heavy atom. The van der Waals surface area contributed by atoms with Crippen LogP contribution in [0.25, 0.3) is 0 Å². The zero-order valence-corrected chi connectivity index (χ0v) is 9.69. The quantitative estimate of drug-likeness (QED) is 0.532. The molecule has 1 heterocycles. The molecular formula is C10H20N4O2. The lowest BCUT2D eigenvalue weighted by Gasteiger charge is -2.20. The third-order valence-electron chi connectivity index (χ3n) is 2.60. The van der Waals surface area contributed by atoms with Gasteiger partial charge in [-0.1, -0.05) is 0 Å². The Balaban J connectivity index is 2.58. The van der Waals surface area contributed by atoms with Gasteiger partial charge in [0.1, 0.15) is 0 Å². The Morgan fingerprint density at radius 3 is 2.88 bits per heavy atom. The summed E-state index contributed by atoms with van der Waals surface area (Å²) in [5.74, 6) is 5.91. The predicted molar refractivity (Wildman–Crippen MR) is 60.9 cm³/mol. The maximum Gasteiger partial charge on any atom is 0.222 e. The summed E-state index contributed by atoms with van der Waals surface area (Å²) >= 11 is 0. The molecule has 1 aliphatic heterocycles. The monoisotopic (exact) mass is 228 g/mol. The van der Waals surface area contributed by atoms with Gasteiger partial charge in [0, 0.05) is 32.8 Å². The van der Waals surface area contributed by atoms with Crippen LogP contribution in [0, 0.1) is 0 Å². The Labute approximate surface area is 95.8 Å². The number of nitrogens with two attached hydrogens (primary N) is 2. The van der Waals surface area contributed by atoms with Gasteiger partial charge in [0.2, 0.25) is 5.91 Å². The van der Waals surface area contributed by atoms with Gasteiger partial charge >= 0.3 is 0 Å². The Kier molecular flexibility index (Phi) is 5.07. The molecule has 1 fully saturated rings. The second-order valence-corrected chi connectivity index (χ2v) is 3.82. The molecule has 0 radical (unpaired) electrons. The SMILES string of the molecule is CN1CCOC/C(=C/N)N(N)CCCC1=O. The van der Waals surface area contributed by atoms with Crippen molar-refractivity contribution in [2.75, 3.05) is 33.4 Å². The minimum Gasteiger partial charge on any atom is -0.403 e. The fourth-order valence-corrected chi connectivity index (χ4v) is 1.46. The van der Waals surface area contributed by atoms with Crippen molar-refractivity contribution < 1.29 is 9.53 Å². The molecule has 1 aliphatic rings. The van der Waals surface area contributed by atoms with Crippen LogP contribution in [0.5, 0.6) is 0 Å². The van der Waals surface area contributed by atoms with E-state index in [1.54, 1.807) is 17.0 Å². The summed E-state index contributed by atoms with van der Waals surface area (Å²) < 4.78 is 5.39. The van der Waals surface area contributed by atoms with Gasteiger partial charge in [-0.05, 0) is 6.42 Å². The molecule has 6 heteroatoms. The highest BCUT2D eigenvalue weighted by atomic mass is 16.5. The van der Waals surface area contributed by atoms with E-state index in [0.29, 0.717) is 32.7 Å². The number of hydrazine groups is 1. The molecule has 0 saturated carbocycles. The summed E-state index contributed by atoms with van der Waals surface area (Å²) in [7, 11) is 1.78. The van der Waals surface area contributed by atoms with E-state index in [-0.39, 0.29) is 5.91 Å². The summed E-state index contributed by atoms with van der Waals surface area (Å²) in [6.45, 7) is 2.08. The Bertz CT molecular complexity index is 268. The number of carbonyl (C=O) groups excluding carboxylic acids is 1. The van der Waals surface area contributed by atoms with Crippen molar-refractivity contribution in [1.29, 1.82) is 0 Å². The maximum absolute atomic E-state index is 11.6. The molecule has 0 aromatic rings. The number of carbonyl (C=O) groups is 1. The molecule has 16 heavy (non-hydrogen) atoms.